The van der Waals surface area contributed by atoms with E-state index in [0.717, 1.165) is 18.7 Å². The highest BCUT2D eigenvalue weighted by molar-refractivity contribution is 5.27. The summed E-state index contributed by atoms with van der Waals surface area (Å²) >= 11 is 0. The minimum absolute atomic E-state index is 0.247. The predicted molar refractivity (Wildman–Crippen MR) is 70.3 cm³/mol. The Morgan fingerprint density at radius 2 is 1.94 bits per heavy atom. The summed E-state index contributed by atoms with van der Waals surface area (Å²) in [7, 11) is 0. The molecule has 0 fully saturated rings. The molecule has 0 radical (unpaired) electrons. The number of hydrogen-bond donors (Lipinski definition) is 2. The van der Waals surface area contributed by atoms with Gasteiger partial charge in [0.25, 0.3) is 0 Å². The Bertz CT molecular complexity index is 500. The first-order valence-corrected chi connectivity index (χ1v) is 6.01. The van der Waals surface area contributed by atoms with E-state index < -0.39 is 0 Å². The van der Waals surface area contributed by atoms with E-state index in [0.29, 0.717) is 12.2 Å². The Balaban J connectivity index is 1.80. The summed E-state index contributed by atoms with van der Waals surface area (Å²) < 4.78 is 0. The van der Waals surface area contributed by atoms with Crippen molar-refractivity contribution in [3.05, 3.63) is 53.6 Å². The lowest BCUT2D eigenvalue weighted by Gasteiger charge is -2.07. The third kappa shape index (κ3) is 3.53. The van der Waals surface area contributed by atoms with Gasteiger partial charge in [0.1, 0.15) is 5.75 Å². The monoisotopic (exact) mass is 243 g/mol. The maximum Gasteiger partial charge on any atom is 0.138 e. The van der Waals surface area contributed by atoms with Crippen LogP contribution in [-0.2, 0) is 13.0 Å². The fourth-order valence-corrected chi connectivity index (χ4v) is 1.72. The van der Waals surface area contributed by atoms with E-state index in [2.05, 4.69) is 15.3 Å². The zero-order valence-corrected chi connectivity index (χ0v) is 10.4. The van der Waals surface area contributed by atoms with Crippen LogP contribution >= 0.6 is 0 Å². The summed E-state index contributed by atoms with van der Waals surface area (Å²) in [5, 5.41) is 12.9. The van der Waals surface area contributed by atoms with Gasteiger partial charge in [-0.2, -0.15) is 0 Å². The molecule has 0 spiro atoms. The van der Waals surface area contributed by atoms with Crippen LogP contribution in [0.25, 0.3) is 0 Å². The van der Waals surface area contributed by atoms with Gasteiger partial charge in [0.2, 0.25) is 0 Å². The summed E-state index contributed by atoms with van der Waals surface area (Å²) in [6.45, 7) is 3.34. The quantitative estimate of drug-likeness (QED) is 0.786. The SMILES string of the molecule is Cc1ccc(O)c(CNCCc2ccncc2)n1. The lowest BCUT2D eigenvalue weighted by Crippen LogP contribution is -2.17. The molecule has 18 heavy (non-hydrogen) atoms. The first-order chi connectivity index (χ1) is 8.75. The largest absolute Gasteiger partial charge is 0.506 e. The molecule has 2 aromatic heterocycles. The smallest absolute Gasteiger partial charge is 0.138 e. The fourth-order valence-electron chi connectivity index (χ4n) is 1.72. The molecule has 4 heteroatoms. The Hall–Kier alpha value is -1.94. The molecule has 0 unspecified atom stereocenters. The summed E-state index contributed by atoms with van der Waals surface area (Å²) in [6, 6.07) is 7.49. The first kappa shape index (κ1) is 12.5. The average Bonchev–Trinajstić information content (AvgIpc) is 2.40. The van der Waals surface area contributed by atoms with Gasteiger partial charge >= 0.3 is 0 Å². The highest BCUT2D eigenvalue weighted by Gasteiger charge is 2.02. The third-order valence-electron chi connectivity index (χ3n) is 2.72. The number of nitrogens with one attached hydrogen (secondary N) is 1. The van der Waals surface area contributed by atoms with Gasteiger partial charge < -0.3 is 10.4 Å². The number of aromatic nitrogens is 2. The van der Waals surface area contributed by atoms with Gasteiger partial charge in [-0.15, -0.1) is 0 Å². The molecular weight excluding hydrogens is 226 g/mol. The van der Waals surface area contributed by atoms with Crippen LogP contribution in [0.1, 0.15) is 17.0 Å². The lowest BCUT2D eigenvalue weighted by atomic mass is 10.2. The molecule has 2 rings (SSSR count). The van der Waals surface area contributed by atoms with Crippen LogP contribution in [0.3, 0.4) is 0 Å². The van der Waals surface area contributed by atoms with E-state index in [1.807, 2.05) is 19.1 Å². The maximum atomic E-state index is 9.64. The van der Waals surface area contributed by atoms with Gasteiger partial charge in [0, 0.05) is 24.6 Å². The lowest BCUT2D eigenvalue weighted by molar-refractivity contribution is 0.459. The van der Waals surface area contributed by atoms with Crippen LogP contribution < -0.4 is 5.32 Å². The number of aryl methyl sites for hydroxylation is 1. The molecule has 0 aliphatic heterocycles. The van der Waals surface area contributed by atoms with Gasteiger partial charge in [-0.1, -0.05) is 0 Å². The van der Waals surface area contributed by atoms with E-state index in [1.54, 1.807) is 24.5 Å². The highest BCUT2D eigenvalue weighted by atomic mass is 16.3. The Kier molecular flexibility index (Phi) is 4.25. The highest BCUT2D eigenvalue weighted by Crippen LogP contribution is 2.13. The van der Waals surface area contributed by atoms with Crippen molar-refractivity contribution in [1.82, 2.24) is 15.3 Å². The van der Waals surface area contributed by atoms with Crippen molar-refractivity contribution >= 4 is 0 Å². The van der Waals surface area contributed by atoms with E-state index in [-0.39, 0.29) is 5.75 Å². The van der Waals surface area contributed by atoms with Crippen LogP contribution in [0.4, 0.5) is 0 Å². The molecule has 0 aliphatic carbocycles. The van der Waals surface area contributed by atoms with Crippen molar-refractivity contribution in [3.63, 3.8) is 0 Å². The molecule has 0 atom stereocenters. The molecule has 0 saturated carbocycles. The number of hydrogen-bond acceptors (Lipinski definition) is 4. The zero-order chi connectivity index (χ0) is 12.8. The average molecular weight is 243 g/mol. The second kappa shape index (κ2) is 6.12. The van der Waals surface area contributed by atoms with Gasteiger partial charge in [0.05, 0.1) is 5.69 Å². The molecule has 0 saturated heterocycles. The van der Waals surface area contributed by atoms with Crippen LogP contribution in [0, 0.1) is 6.92 Å². The van der Waals surface area contributed by atoms with E-state index in [1.165, 1.54) is 5.56 Å². The van der Waals surface area contributed by atoms with E-state index in [9.17, 15) is 5.11 Å². The molecule has 4 nitrogen and oxygen atoms in total. The summed E-state index contributed by atoms with van der Waals surface area (Å²) in [6.07, 6.45) is 4.53. The van der Waals surface area contributed by atoms with Crippen molar-refractivity contribution in [2.75, 3.05) is 6.54 Å². The van der Waals surface area contributed by atoms with Crippen molar-refractivity contribution in [1.29, 1.82) is 0 Å². The molecule has 0 aliphatic rings. The molecule has 2 heterocycles. The second-order valence-electron chi connectivity index (χ2n) is 4.20. The Labute approximate surface area is 107 Å². The van der Waals surface area contributed by atoms with Crippen LogP contribution in [0.5, 0.6) is 5.75 Å². The molecule has 94 valence electrons. The van der Waals surface area contributed by atoms with Gasteiger partial charge in [-0.25, -0.2) is 0 Å². The third-order valence-corrected chi connectivity index (χ3v) is 2.72. The number of aromatic hydroxyl groups is 1. The van der Waals surface area contributed by atoms with Crippen molar-refractivity contribution in [3.8, 4) is 5.75 Å². The first-order valence-electron chi connectivity index (χ1n) is 6.01. The number of pyridine rings is 2. The molecule has 0 bridgehead atoms. The van der Waals surface area contributed by atoms with Crippen LogP contribution in [-0.4, -0.2) is 21.6 Å². The van der Waals surface area contributed by atoms with Crippen LogP contribution in [0.15, 0.2) is 36.7 Å². The number of rotatable bonds is 5. The predicted octanol–water partition coefficient (Wildman–Crippen LogP) is 1.82. The Morgan fingerprint density at radius 3 is 2.72 bits per heavy atom. The van der Waals surface area contributed by atoms with Gasteiger partial charge in [0.15, 0.2) is 0 Å². The second-order valence-corrected chi connectivity index (χ2v) is 4.20. The molecule has 2 aromatic rings. The van der Waals surface area contributed by atoms with Crippen LogP contribution in [0.2, 0.25) is 0 Å². The molecule has 2 N–H and O–H groups in total. The maximum absolute atomic E-state index is 9.64. The van der Waals surface area contributed by atoms with Crippen molar-refractivity contribution in [2.45, 2.75) is 19.9 Å². The minimum atomic E-state index is 0.247. The summed E-state index contributed by atoms with van der Waals surface area (Å²) in [5.74, 6) is 0.247. The Morgan fingerprint density at radius 1 is 1.17 bits per heavy atom. The van der Waals surface area contributed by atoms with Gasteiger partial charge in [-0.05, 0) is 49.7 Å². The molecular formula is C14H17N3O. The van der Waals surface area contributed by atoms with E-state index in [4.69, 9.17) is 0 Å². The fraction of sp³-hybridized carbons (Fsp3) is 0.286. The summed E-state index contributed by atoms with van der Waals surface area (Å²) in [5.41, 5.74) is 2.86. The molecule has 0 aromatic carbocycles. The topological polar surface area (TPSA) is 58.0 Å². The standard InChI is InChI=1S/C14H17N3O/c1-11-2-3-14(18)13(17-11)10-16-9-6-12-4-7-15-8-5-12/h2-5,7-8,16,18H,6,9-10H2,1H3. The normalized spacial score (nSPS) is 10.5. The minimum Gasteiger partial charge on any atom is -0.506 e. The van der Waals surface area contributed by atoms with Crippen molar-refractivity contribution in [2.24, 2.45) is 0 Å². The zero-order valence-electron chi connectivity index (χ0n) is 10.4. The summed E-state index contributed by atoms with van der Waals surface area (Å²) in [4.78, 5) is 8.27. The molecule has 0 amide bonds. The van der Waals surface area contributed by atoms with E-state index >= 15 is 0 Å². The van der Waals surface area contributed by atoms with Gasteiger partial charge in [-0.3, -0.25) is 9.97 Å². The van der Waals surface area contributed by atoms with Crippen molar-refractivity contribution < 1.29 is 5.11 Å². The number of nitrogens with zero attached hydrogens (tertiary/aromatic N) is 2.